The van der Waals surface area contributed by atoms with Gasteiger partial charge in [0.1, 0.15) is 19.3 Å². The maximum Gasteiger partial charge on any atom is 0.472 e. The van der Waals surface area contributed by atoms with Gasteiger partial charge >= 0.3 is 39.5 Å². The van der Waals surface area contributed by atoms with Gasteiger partial charge in [-0.15, -0.1) is 0 Å². The SMILES string of the molecule is CC/C=C\C/C=C\C/C=C\C/C=C\C/C=C\CC(=O)OCC(COP(=O)(O)OCC(O)COP(=O)(O)OCC(COC(=O)CCCCCCCC/C=C\C/C=C\C/C=C\CCCCC)OC(=O)CCCCCCC/C=C\C/C=C\CCC)OC(=O)CCCCCCC/C=C\C/C=C\CCCCC. The molecule has 0 fully saturated rings. The Labute approximate surface area is 617 Å². The zero-order chi connectivity index (χ0) is 74.6. The van der Waals surface area contributed by atoms with E-state index in [1.165, 1.54) is 38.5 Å². The lowest BCUT2D eigenvalue weighted by Gasteiger charge is -2.21. The molecule has 5 unspecified atom stereocenters. The molecule has 0 aliphatic rings. The maximum absolute atomic E-state index is 13.1. The number of phosphoric ester groups is 2. The third-order valence-corrected chi connectivity index (χ3v) is 17.7. The van der Waals surface area contributed by atoms with Gasteiger partial charge in [0.2, 0.25) is 0 Å². The van der Waals surface area contributed by atoms with E-state index in [2.05, 4.69) is 149 Å². The Morgan fingerprint density at radius 2 is 0.569 bits per heavy atom. The lowest BCUT2D eigenvalue weighted by atomic mass is 10.1. The lowest BCUT2D eigenvalue weighted by molar-refractivity contribution is -0.161. The molecule has 0 aromatic carbocycles. The molecule has 0 rings (SSSR count). The van der Waals surface area contributed by atoms with Gasteiger partial charge in [0.25, 0.3) is 0 Å². The van der Waals surface area contributed by atoms with Gasteiger partial charge in [-0.05, 0) is 148 Å². The average Bonchev–Trinajstić information content (AvgIpc) is 0.919. The number of allylic oxidation sites excluding steroid dienone is 23. The molecule has 19 heteroatoms. The predicted octanol–water partition coefficient (Wildman–Crippen LogP) is 22.7. The summed E-state index contributed by atoms with van der Waals surface area (Å²) in [4.78, 5) is 72.9. The number of esters is 4. The van der Waals surface area contributed by atoms with Crippen molar-refractivity contribution in [1.29, 1.82) is 0 Å². The lowest BCUT2D eigenvalue weighted by Crippen LogP contribution is -2.30. The Balaban J connectivity index is 5.44. The van der Waals surface area contributed by atoms with E-state index < -0.39 is 97.5 Å². The summed E-state index contributed by atoms with van der Waals surface area (Å²) in [7, 11) is -10.00. The van der Waals surface area contributed by atoms with E-state index in [9.17, 15) is 43.2 Å². The number of carbonyl (C=O) groups excluding carboxylic acids is 4. The zero-order valence-electron chi connectivity index (χ0n) is 63.5. The van der Waals surface area contributed by atoms with Crippen molar-refractivity contribution in [3.8, 4) is 0 Å². The monoisotopic (exact) mass is 1470 g/mol. The summed E-state index contributed by atoms with van der Waals surface area (Å²) in [5.41, 5.74) is 0. The van der Waals surface area contributed by atoms with Crippen molar-refractivity contribution in [2.45, 2.75) is 316 Å². The molecule has 0 radical (unpaired) electrons. The largest absolute Gasteiger partial charge is 0.472 e. The number of unbranched alkanes of at least 4 members (excludes halogenated alkanes) is 23. The van der Waals surface area contributed by atoms with Crippen LogP contribution in [0.25, 0.3) is 0 Å². The molecule has 3 N–H and O–H groups in total. The van der Waals surface area contributed by atoms with E-state index >= 15 is 0 Å². The minimum atomic E-state index is -5.00. The van der Waals surface area contributed by atoms with E-state index in [-0.39, 0.29) is 25.7 Å². The normalized spacial score (nSPS) is 14.7. The van der Waals surface area contributed by atoms with Gasteiger partial charge < -0.3 is 33.8 Å². The summed E-state index contributed by atoms with van der Waals surface area (Å²) in [5, 5.41) is 10.6. The molecule has 102 heavy (non-hydrogen) atoms. The van der Waals surface area contributed by atoms with Crippen LogP contribution >= 0.6 is 15.6 Å². The first-order valence-electron chi connectivity index (χ1n) is 39.1. The first-order chi connectivity index (χ1) is 49.7. The van der Waals surface area contributed by atoms with Crippen LogP contribution in [0.4, 0.5) is 0 Å². The zero-order valence-corrected chi connectivity index (χ0v) is 65.3. The Morgan fingerprint density at radius 1 is 0.294 bits per heavy atom. The second-order valence-electron chi connectivity index (χ2n) is 25.6. The molecular weight excluding hydrogens is 1330 g/mol. The molecule has 0 bridgehead atoms. The number of rotatable bonds is 72. The summed E-state index contributed by atoms with van der Waals surface area (Å²) < 4.78 is 68.4. The van der Waals surface area contributed by atoms with Gasteiger partial charge in [0.15, 0.2) is 12.2 Å². The molecule has 0 heterocycles. The van der Waals surface area contributed by atoms with Crippen molar-refractivity contribution in [1.82, 2.24) is 0 Å². The van der Waals surface area contributed by atoms with E-state index in [1.54, 1.807) is 6.08 Å². The number of phosphoric acid groups is 2. The van der Waals surface area contributed by atoms with Crippen molar-refractivity contribution in [2.24, 2.45) is 0 Å². The van der Waals surface area contributed by atoms with Crippen molar-refractivity contribution in [3.05, 3.63) is 146 Å². The van der Waals surface area contributed by atoms with Crippen molar-refractivity contribution in [2.75, 3.05) is 39.6 Å². The van der Waals surface area contributed by atoms with Gasteiger partial charge in [-0.3, -0.25) is 37.3 Å². The predicted molar refractivity (Wildman–Crippen MR) is 417 cm³/mol. The molecule has 0 aliphatic carbocycles. The molecule has 5 atom stereocenters. The number of hydrogen-bond donors (Lipinski definition) is 3. The fourth-order valence-electron chi connectivity index (χ4n) is 9.84. The van der Waals surface area contributed by atoms with Gasteiger partial charge in [-0.2, -0.15) is 0 Å². The van der Waals surface area contributed by atoms with Crippen LogP contribution in [0.15, 0.2) is 146 Å². The molecule has 0 saturated heterocycles. The summed E-state index contributed by atoms with van der Waals surface area (Å²) in [6.07, 6.45) is 84.3. The van der Waals surface area contributed by atoms with Crippen LogP contribution in [0.1, 0.15) is 297 Å². The molecule has 17 nitrogen and oxygen atoms in total. The Kier molecular flexibility index (Phi) is 70.5. The fraction of sp³-hybridized carbons (Fsp3) is 0.663. The highest BCUT2D eigenvalue weighted by Crippen LogP contribution is 2.45. The molecule has 0 spiro atoms. The first-order valence-corrected chi connectivity index (χ1v) is 42.1. The van der Waals surface area contributed by atoms with Crippen LogP contribution in [0.2, 0.25) is 0 Å². The van der Waals surface area contributed by atoms with E-state index in [4.69, 9.17) is 37.0 Å². The summed E-state index contributed by atoms with van der Waals surface area (Å²) >= 11 is 0. The Hall–Kier alpha value is -5.06. The third kappa shape index (κ3) is 73.3. The molecule has 0 aromatic rings. The molecular formula is C83H138O17P2. The van der Waals surface area contributed by atoms with Gasteiger partial charge in [0, 0.05) is 19.3 Å². The van der Waals surface area contributed by atoms with Gasteiger partial charge in [0.05, 0.1) is 32.8 Å². The van der Waals surface area contributed by atoms with Crippen LogP contribution in [-0.2, 0) is 65.4 Å². The number of carbonyl (C=O) groups is 4. The highest BCUT2D eigenvalue weighted by molar-refractivity contribution is 7.47. The van der Waals surface area contributed by atoms with Crippen LogP contribution in [0.5, 0.6) is 0 Å². The van der Waals surface area contributed by atoms with Crippen LogP contribution in [0, 0.1) is 0 Å². The van der Waals surface area contributed by atoms with Crippen LogP contribution < -0.4 is 0 Å². The molecule has 0 amide bonds. The van der Waals surface area contributed by atoms with Crippen LogP contribution in [0.3, 0.4) is 0 Å². The van der Waals surface area contributed by atoms with Crippen molar-refractivity contribution in [3.63, 3.8) is 0 Å². The summed E-state index contributed by atoms with van der Waals surface area (Å²) in [5.74, 6) is -2.37. The van der Waals surface area contributed by atoms with E-state index in [0.29, 0.717) is 25.7 Å². The Bertz CT molecular complexity index is 2510. The molecule has 0 aromatic heterocycles. The number of aliphatic hydroxyl groups excluding tert-OH is 1. The minimum absolute atomic E-state index is 0.0552. The molecule has 0 aliphatic heterocycles. The summed E-state index contributed by atoms with van der Waals surface area (Å²) in [6, 6.07) is 0. The molecule has 582 valence electrons. The number of aliphatic hydroxyl groups is 1. The highest BCUT2D eigenvalue weighted by atomic mass is 31.2. The second kappa shape index (κ2) is 74.2. The highest BCUT2D eigenvalue weighted by Gasteiger charge is 2.30. The van der Waals surface area contributed by atoms with Gasteiger partial charge in [-0.1, -0.05) is 270 Å². The van der Waals surface area contributed by atoms with E-state index in [1.807, 2.05) is 18.2 Å². The maximum atomic E-state index is 13.1. The Morgan fingerprint density at radius 3 is 0.912 bits per heavy atom. The first kappa shape index (κ1) is 96.9. The van der Waals surface area contributed by atoms with Crippen molar-refractivity contribution < 1.29 is 80.2 Å². The topological polar surface area (TPSA) is 237 Å². The average molecular weight is 1470 g/mol. The molecule has 0 saturated carbocycles. The smallest absolute Gasteiger partial charge is 0.462 e. The van der Waals surface area contributed by atoms with E-state index in [0.717, 1.165) is 180 Å². The standard InChI is InChI=1S/C83H138O17P2/c1-5-9-13-17-21-25-29-33-36-37-38-39-42-45-48-52-56-60-64-68-81(86)94-73-78(99-82(87)69-65-61-57-53-49-43-32-28-24-20-16-12-8-4)75-97-101(89,90)95-71-77(84)72-96-102(91,92)98-76-79(100-83(88)70-66-62-58-54-50-46-41-35-31-27-23-19-15-11-7-3)74-93-80(85)67-63-59-55-51-47-44-40-34-30-26-22-18-14-10-6-2/h10,14,16,20-23,25-28,32-36,38-41,47,51,59,63,77-79,84H,5-9,11-13,15,17-19,24,29-31,37,42-46,48-50,52-58,60-62,64-76H2,1-4H3,(H,89,90)(H,91,92)/b14-10-,20-16-,25-21-,26-22-,27-23-,32-28-,36-33-,39-38-,40-34-,41-35-,51-47-,63-59-. The van der Waals surface area contributed by atoms with Crippen molar-refractivity contribution >= 4 is 39.5 Å². The minimum Gasteiger partial charge on any atom is -0.462 e. The number of hydrogen-bond acceptors (Lipinski definition) is 15. The quantitative estimate of drug-likeness (QED) is 0.0169. The fourth-order valence-corrected chi connectivity index (χ4v) is 11.4. The number of ether oxygens (including phenoxy) is 4. The van der Waals surface area contributed by atoms with Gasteiger partial charge in [-0.25, -0.2) is 9.13 Å². The van der Waals surface area contributed by atoms with Crippen LogP contribution in [-0.4, -0.2) is 96.7 Å². The summed E-state index contributed by atoms with van der Waals surface area (Å²) in [6.45, 7) is 4.47. The second-order valence-corrected chi connectivity index (χ2v) is 28.5. The third-order valence-electron chi connectivity index (χ3n) is 15.8.